The molecular weight excluding hydrogens is 386 g/mol. The largest absolute Gasteiger partial charge is 0.417 e. The number of pyridine rings is 1. The van der Waals surface area contributed by atoms with E-state index in [1.54, 1.807) is 36.3 Å². The minimum atomic E-state index is -4.48. The van der Waals surface area contributed by atoms with Crippen molar-refractivity contribution in [2.75, 3.05) is 10.6 Å². The summed E-state index contributed by atoms with van der Waals surface area (Å²) < 4.78 is 53.3. The predicted molar refractivity (Wildman–Crippen MR) is 101 cm³/mol. The highest BCUT2D eigenvalue weighted by atomic mass is 19.4. The molecule has 2 N–H and O–H groups in total. The number of nitrogen functional groups attached to an aromatic ring is 1. The van der Waals surface area contributed by atoms with Gasteiger partial charge in [-0.15, -0.1) is 0 Å². The minimum Gasteiger partial charge on any atom is -0.383 e. The first-order valence-electron chi connectivity index (χ1n) is 8.62. The number of halogens is 4. The van der Waals surface area contributed by atoms with Crippen molar-refractivity contribution in [3.8, 4) is 0 Å². The molecule has 0 radical (unpaired) electrons. The van der Waals surface area contributed by atoms with Gasteiger partial charge in [0.25, 0.3) is 0 Å². The van der Waals surface area contributed by atoms with E-state index >= 15 is 0 Å². The lowest BCUT2D eigenvalue weighted by molar-refractivity contribution is -0.137. The summed E-state index contributed by atoms with van der Waals surface area (Å²) in [4.78, 5) is 13.6. The maximum atomic E-state index is 14.8. The second-order valence-corrected chi connectivity index (χ2v) is 6.57. The van der Waals surface area contributed by atoms with Gasteiger partial charge in [-0.2, -0.15) is 13.2 Å². The van der Waals surface area contributed by atoms with Crippen LogP contribution in [-0.2, 0) is 6.18 Å². The number of allylic oxidation sites excluding steroid dienone is 4. The number of nitrogens with two attached hydrogens (primary N) is 1. The number of rotatable bonds is 2. The molecule has 1 aliphatic carbocycles. The van der Waals surface area contributed by atoms with Gasteiger partial charge >= 0.3 is 6.18 Å². The third-order valence-corrected chi connectivity index (χ3v) is 4.77. The van der Waals surface area contributed by atoms with E-state index in [0.29, 0.717) is 22.4 Å². The Morgan fingerprint density at radius 1 is 1.14 bits per heavy atom. The van der Waals surface area contributed by atoms with Gasteiger partial charge in [0.15, 0.2) is 0 Å². The van der Waals surface area contributed by atoms with E-state index < -0.39 is 23.6 Å². The maximum Gasteiger partial charge on any atom is 0.417 e. The van der Waals surface area contributed by atoms with Crippen LogP contribution in [0.4, 0.5) is 29.2 Å². The van der Waals surface area contributed by atoms with Gasteiger partial charge in [-0.05, 0) is 37.3 Å². The van der Waals surface area contributed by atoms with Crippen LogP contribution < -0.4 is 10.6 Å². The maximum absolute atomic E-state index is 14.8. The quantitative estimate of drug-likeness (QED) is 0.758. The Balaban J connectivity index is 1.75. The molecule has 2 aromatic heterocycles. The van der Waals surface area contributed by atoms with Crippen molar-refractivity contribution in [3.63, 3.8) is 0 Å². The van der Waals surface area contributed by atoms with Crippen molar-refractivity contribution in [1.29, 1.82) is 0 Å². The van der Waals surface area contributed by atoms with Crippen LogP contribution >= 0.6 is 0 Å². The molecule has 0 spiro atoms. The Bertz CT molecular complexity index is 1080. The molecular formula is C20H15F4N5. The molecule has 148 valence electrons. The Kier molecular flexibility index (Phi) is 4.45. The van der Waals surface area contributed by atoms with E-state index in [9.17, 15) is 17.6 Å². The number of hydrogen-bond donors (Lipinski definition) is 1. The summed E-state index contributed by atoms with van der Waals surface area (Å²) in [6, 6.07) is 1.61. The van der Waals surface area contributed by atoms with Crippen LogP contribution in [0.25, 0.3) is 5.57 Å². The minimum absolute atomic E-state index is 0.258. The Hall–Kier alpha value is -3.49. The fraction of sp³-hybridized carbons (Fsp3) is 0.150. The number of hydrogen-bond acceptors (Lipinski definition) is 5. The van der Waals surface area contributed by atoms with Gasteiger partial charge < -0.3 is 10.6 Å². The molecule has 0 saturated carbocycles. The molecule has 3 heterocycles. The zero-order chi connectivity index (χ0) is 20.8. The molecule has 0 amide bonds. The van der Waals surface area contributed by atoms with Crippen molar-refractivity contribution in [3.05, 3.63) is 83.4 Å². The molecule has 2 aliphatic rings. The van der Waals surface area contributed by atoms with Crippen LogP contribution in [0, 0.1) is 6.92 Å². The summed E-state index contributed by atoms with van der Waals surface area (Å²) in [5, 5.41) is 0. The lowest BCUT2D eigenvalue weighted by Crippen LogP contribution is -2.35. The van der Waals surface area contributed by atoms with Crippen molar-refractivity contribution in [1.82, 2.24) is 15.0 Å². The molecule has 0 saturated heterocycles. The monoisotopic (exact) mass is 401 g/mol. The normalized spacial score (nSPS) is 18.7. The molecule has 0 fully saturated rings. The molecule has 29 heavy (non-hydrogen) atoms. The fourth-order valence-corrected chi connectivity index (χ4v) is 3.24. The lowest BCUT2D eigenvalue weighted by Gasteiger charge is -2.34. The third kappa shape index (κ3) is 3.39. The summed E-state index contributed by atoms with van der Waals surface area (Å²) in [7, 11) is 0. The highest BCUT2D eigenvalue weighted by Gasteiger charge is 2.33. The first kappa shape index (κ1) is 18.9. The van der Waals surface area contributed by atoms with Crippen LogP contribution in [0.3, 0.4) is 0 Å². The van der Waals surface area contributed by atoms with Crippen molar-refractivity contribution < 1.29 is 17.6 Å². The fourth-order valence-electron chi connectivity index (χ4n) is 3.24. The lowest BCUT2D eigenvalue weighted by atomic mass is 9.90. The SMILES string of the molecule is Cc1c(N)ncnc1C1=CC2C(=CC=CN2c2ccc(C(F)(F)F)cn2)C(F)=C1. The molecule has 9 heteroatoms. The molecule has 5 nitrogen and oxygen atoms in total. The van der Waals surface area contributed by atoms with Crippen molar-refractivity contribution in [2.24, 2.45) is 0 Å². The number of fused-ring (bicyclic) bond motifs is 1. The summed E-state index contributed by atoms with van der Waals surface area (Å²) in [6.45, 7) is 1.73. The van der Waals surface area contributed by atoms with Crippen LogP contribution in [0.5, 0.6) is 0 Å². The van der Waals surface area contributed by atoms with Crippen LogP contribution in [0.15, 0.2) is 66.6 Å². The molecule has 2 aromatic rings. The summed E-state index contributed by atoms with van der Waals surface area (Å²) in [5.74, 6) is 0.0790. The van der Waals surface area contributed by atoms with Crippen LogP contribution in [0.2, 0.25) is 0 Å². The van der Waals surface area contributed by atoms with Gasteiger partial charge in [0.05, 0.1) is 17.3 Å². The van der Waals surface area contributed by atoms with Gasteiger partial charge in [0.1, 0.15) is 23.8 Å². The zero-order valence-corrected chi connectivity index (χ0v) is 15.2. The summed E-state index contributed by atoms with van der Waals surface area (Å²) >= 11 is 0. The number of aromatic nitrogens is 3. The van der Waals surface area contributed by atoms with Gasteiger partial charge in [-0.1, -0.05) is 6.08 Å². The topological polar surface area (TPSA) is 67.9 Å². The molecule has 1 unspecified atom stereocenters. The zero-order valence-electron chi connectivity index (χ0n) is 15.2. The van der Waals surface area contributed by atoms with Crippen LogP contribution in [0.1, 0.15) is 16.8 Å². The highest BCUT2D eigenvalue weighted by Crippen LogP contribution is 2.37. The number of alkyl halides is 3. The Morgan fingerprint density at radius 2 is 1.93 bits per heavy atom. The first-order valence-corrected chi connectivity index (χ1v) is 8.62. The Morgan fingerprint density at radius 3 is 2.62 bits per heavy atom. The first-order chi connectivity index (χ1) is 13.8. The van der Waals surface area contributed by atoms with E-state index in [4.69, 9.17) is 5.73 Å². The van der Waals surface area contributed by atoms with E-state index in [-0.39, 0.29) is 11.6 Å². The van der Waals surface area contributed by atoms with E-state index in [1.165, 1.54) is 18.5 Å². The van der Waals surface area contributed by atoms with Crippen LogP contribution in [-0.4, -0.2) is 21.0 Å². The van der Waals surface area contributed by atoms with Crippen molar-refractivity contribution >= 4 is 17.2 Å². The number of nitrogens with zero attached hydrogens (tertiary/aromatic N) is 4. The van der Waals surface area contributed by atoms with Gasteiger partial charge in [-0.25, -0.2) is 19.3 Å². The Labute approximate surface area is 163 Å². The highest BCUT2D eigenvalue weighted by molar-refractivity contribution is 5.81. The van der Waals surface area contributed by atoms with E-state index in [0.717, 1.165) is 12.3 Å². The van der Waals surface area contributed by atoms with Gasteiger partial charge in [0, 0.05) is 29.1 Å². The second-order valence-electron chi connectivity index (χ2n) is 6.57. The molecule has 4 rings (SSSR count). The average Bonchev–Trinajstić information content (AvgIpc) is 2.69. The summed E-state index contributed by atoms with van der Waals surface area (Å²) in [5.41, 5.74) is 6.96. The predicted octanol–water partition coefficient (Wildman–Crippen LogP) is 4.36. The second kappa shape index (κ2) is 6.84. The third-order valence-electron chi connectivity index (χ3n) is 4.77. The van der Waals surface area contributed by atoms with E-state index in [1.807, 2.05) is 0 Å². The molecule has 1 aliphatic heterocycles. The van der Waals surface area contributed by atoms with Gasteiger partial charge in [0.2, 0.25) is 0 Å². The molecule has 1 atom stereocenters. The molecule has 0 aromatic carbocycles. The van der Waals surface area contributed by atoms with Crippen molar-refractivity contribution in [2.45, 2.75) is 19.1 Å². The standard InChI is InChI=1S/C20H15F4N5/c1-11-18(27-10-28-19(11)25)12-7-15(21)14-3-2-6-29(16(14)8-12)17-5-4-13(9-26-17)20(22,23)24/h2-10,16H,1H3,(H2,25,27,28). The number of anilines is 2. The summed E-state index contributed by atoms with van der Waals surface area (Å²) in [6.07, 6.45) is 5.57. The van der Waals surface area contributed by atoms with Gasteiger partial charge in [-0.3, -0.25) is 0 Å². The molecule has 0 bridgehead atoms. The average molecular weight is 401 g/mol. The van der Waals surface area contributed by atoms with E-state index in [2.05, 4.69) is 15.0 Å². The smallest absolute Gasteiger partial charge is 0.383 e.